The summed E-state index contributed by atoms with van der Waals surface area (Å²) in [5.74, 6) is -2.27. The maximum Gasteiger partial charge on any atom is 0.417 e. The van der Waals surface area contributed by atoms with Crippen molar-refractivity contribution in [1.82, 2.24) is 21.1 Å². The molecule has 0 radical (unpaired) electrons. The van der Waals surface area contributed by atoms with E-state index >= 15 is 0 Å². The van der Waals surface area contributed by atoms with E-state index in [1.165, 1.54) is 32.0 Å². The van der Waals surface area contributed by atoms with Gasteiger partial charge in [0.05, 0.1) is 28.4 Å². The van der Waals surface area contributed by atoms with Gasteiger partial charge in [-0.2, -0.15) is 18.4 Å². The number of hydrazine groups is 1. The van der Waals surface area contributed by atoms with Crippen LogP contribution in [0.1, 0.15) is 66.6 Å². The Morgan fingerprint density at radius 3 is 2.56 bits per heavy atom. The number of halogens is 4. The molecule has 14 heteroatoms. The molecular formula is C31H32F4N6O4. The van der Waals surface area contributed by atoms with Gasteiger partial charge < -0.3 is 10.2 Å². The molecule has 0 bridgehead atoms. The van der Waals surface area contributed by atoms with Crippen molar-refractivity contribution in [3.8, 4) is 6.07 Å². The van der Waals surface area contributed by atoms with Crippen molar-refractivity contribution < 1.29 is 36.7 Å². The molecule has 5 amide bonds. The standard InChI is InChI=1S/C31H32F4N6O4/c1-30(2)28(44)41(19-9-8-18(16-36)23(15-19)31(33,34)35)29(45)40(30)12-11-37-26(42)22-13-17(7-10-24(22)32)14-25-20-5-3-4-6-21(20)27(43)39-38-25/h7-10,13,15,20-21,25,38H,3-6,11-12,14H2,1-2H3,(H,37,42)(H,39,43). The van der Waals surface area contributed by atoms with Crippen molar-refractivity contribution in [3.63, 3.8) is 0 Å². The van der Waals surface area contributed by atoms with Crippen molar-refractivity contribution in [2.75, 3.05) is 18.0 Å². The van der Waals surface area contributed by atoms with Crippen LogP contribution in [-0.2, 0) is 22.2 Å². The van der Waals surface area contributed by atoms with Gasteiger partial charge in [0.25, 0.3) is 11.8 Å². The number of nitriles is 1. The first-order valence-corrected chi connectivity index (χ1v) is 14.6. The van der Waals surface area contributed by atoms with Crippen molar-refractivity contribution in [2.45, 2.75) is 63.7 Å². The molecule has 3 atom stereocenters. The van der Waals surface area contributed by atoms with E-state index in [4.69, 9.17) is 5.26 Å². The molecule has 1 aliphatic carbocycles. The van der Waals surface area contributed by atoms with Crippen LogP contribution in [0.15, 0.2) is 36.4 Å². The van der Waals surface area contributed by atoms with Gasteiger partial charge in [-0.25, -0.2) is 19.5 Å². The number of carbonyl (C=O) groups excluding carboxylic acids is 4. The van der Waals surface area contributed by atoms with Gasteiger partial charge in [0.2, 0.25) is 5.91 Å². The van der Waals surface area contributed by atoms with E-state index in [9.17, 15) is 36.7 Å². The summed E-state index contributed by atoms with van der Waals surface area (Å²) in [7, 11) is 0. The van der Waals surface area contributed by atoms with Crippen molar-refractivity contribution in [2.24, 2.45) is 11.8 Å². The molecule has 45 heavy (non-hydrogen) atoms. The number of urea groups is 1. The molecule has 3 fully saturated rings. The maximum atomic E-state index is 14.7. The molecule has 2 aliphatic heterocycles. The number of rotatable bonds is 7. The summed E-state index contributed by atoms with van der Waals surface area (Å²) in [5, 5.41) is 11.6. The second-order valence-corrected chi connectivity index (χ2v) is 12.0. The zero-order valence-electron chi connectivity index (χ0n) is 24.6. The minimum Gasteiger partial charge on any atom is -0.350 e. The normalized spacial score (nSPS) is 23.0. The molecular weight excluding hydrogens is 596 g/mol. The molecule has 238 valence electrons. The molecule has 2 saturated heterocycles. The molecule has 2 aromatic carbocycles. The van der Waals surface area contributed by atoms with Crippen LogP contribution >= 0.6 is 0 Å². The number of alkyl halides is 3. The number of fused-ring (bicyclic) bond motifs is 1. The van der Waals surface area contributed by atoms with Crippen molar-refractivity contribution in [3.05, 3.63) is 64.5 Å². The lowest BCUT2D eigenvalue weighted by atomic mass is 9.72. The third kappa shape index (κ3) is 6.09. The Balaban J connectivity index is 1.26. The topological polar surface area (TPSA) is 135 Å². The summed E-state index contributed by atoms with van der Waals surface area (Å²) in [6.45, 7) is 2.47. The Morgan fingerprint density at radius 1 is 1.11 bits per heavy atom. The molecule has 1 saturated carbocycles. The second-order valence-electron chi connectivity index (χ2n) is 12.0. The summed E-state index contributed by atoms with van der Waals surface area (Å²) >= 11 is 0. The highest BCUT2D eigenvalue weighted by Crippen LogP contribution is 2.38. The number of anilines is 1. The van der Waals surface area contributed by atoms with E-state index in [0.717, 1.165) is 42.7 Å². The highest BCUT2D eigenvalue weighted by Gasteiger charge is 2.52. The fourth-order valence-electron chi connectivity index (χ4n) is 6.48. The van der Waals surface area contributed by atoms with Crippen LogP contribution in [0.25, 0.3) is 0 Å². The highest BCUT2D eigenvalue weighted by molar-refractivity contribution is 6.23. The van der Waals surface area contributed by atoms with Crippen LogP contribution in [0, 0.1) is 29.0 Å². The van der Waals surface area contributed by atoms with Crippen molar-refractivity contribution in [1.29, 1.82) is 5.26 Å². The average Bonchev–Trinajstić information content (AvgIpc) is 3.17. The minimum atomic E-state index is -4.89. The van der Waals surface area contributed by atoms with E-state index in [1.807, 2.05) is 0 Å². The van der Waals surface area contributed by atoms with Gasteiger partial charge >= 0.3 is 12.2 Å². The fourth-order valence-corrected chi connectivity index (χ4v) is 6.48. The van der Waals surface area contributed by atoms with E-state index in [-0.39, 0.29) is 48.1 Å². The lowest BCUT2D eigenvalue weighted by Gasteiger charge is -2.41. The Hall–Kier alpha value is -4.51. The average molecular weight is 629 g/mol. The van der Waals surface area contributed by atoms with Crippen LogP contribution in [-0.4, -0.2) is 53.3 Å². The summed E-state index contributed by atoms with van der Waals surface area (Å²) in [6, 6.07) is 7.26. The van der Waals surface area contributed by atoms with E-state index in [2.05, 4.69) is 16.2 Å². The predicted molar refractivity (Wildman–Crippen MR) is 153 cm³/mol. The SMILES string of the molecule is CC1(C)C(=O)N(c2ccc(C#N)c(C(F)(F)F)c2)C(=O)N1CCNC(=O)c1cc(CC2NNC(=O)C3CCCCC23)ccc1F. The Kier molecular flexibility index (Phi) is 8.59. The number of carbonyl (C=O) groups is 4. The van der Waals surface area contributed by atoms with Gasteiger partial charge in [0.15, 0.2) is 0 Å². The zero-order chi connectivity index (χ0) is 32.7. The molecule has 10 nitrogen and oxygen atoms in total. The molecule has 3 unspecified atom stereocenters. The molecule has 0 aromatic heterocycles. The van der Waals surface area contributed by atoms with Crippen molar-refractivity contribution >= 4 is 29.4 Å². The third-order valence-corrected chi connectivity index (χ3v) is 8.92. The molecule has 3 aliphatic rings. The van der Waals surface area contributed by atoms with Crippen LogP contribution in [0.5, 0.6) is 0 Å². The lowest BCUT2D eigenvalue weighted by Crippen LogP contribution is -2.60. The Morgan fingerprint density at radius 2 is 1.84 bits per heavy atom. The molecule has 2 aromatic rings. The minimum absolute atomic E-state index is 0.0254. The molecule has 3 N–H and O–H groups in total. The first-order chi connectivity index (χ1) is 21.2. The lowest BCUT2D eigenvalue weighted by molar-refractivity contribution is -0.138. The van der Waals surface area contributed by atoms with Gasteiger partial charge in [-0.05, 0) is 74.9 Å². The Bertz CT molecular complexity index is 1590. The highest BCUT2D eigenvalue weighted by atomic mass is 19.4. The first kappa shape index (κ1) is 31.9. The molecule has 5 rings (SSSR count). The number of hydrogen-bond donors (Lipinski definition) is 3. The third-order valence-electron chi connectivity index (χ3n) is 8.92. The van der Waals surface area contributed by atoms with E-state index in [0.29, 0.717) is 23.0 Å². The predicted octanol–water partition coefficient (Wildman–Crippen LogP) is 4.05. The number of benzene rings is 2. The summed E-state index contributed by atoms with van der Waals surface area (Å²) < 4.78 is 55.3. The fraction of sp³-hybridized carbons (Fsp3) is 0.452. The number of imide groups is 1. The van der Waals surface area contributed by atoms with Crippen LogP contribution < -0.4 is 21.1 Å². The zero-order valence-corrected chi connectivity index (χ0v) is 24.6. The summed E-state index contributed by atoms with van der Waals surface area (Å²) in [5.41, 5.74) is 2.52. The summed E-state index contributed by atoms with van der Waals surface area (Å²) in [6.07, 6.45) is -0.714. The number of nitrogens with zero attached hydrogens (tertiary/aromatic N) is 3. The molecule has 2 heterocycles. The molecule has 0 spiro atoms. The number of hydrogen-bond acceptors (Lipinski definition) is 6. The summed E-state index contributed by atoms with van der Waals surface area (Å²) in [4.78, 5) is 53.5. The van der Waals surface area contributed by atoms with Gasteiger partial charge in [-0.15, -0.1) is 0 Å². The van der Waals surface area contributed by atoms with E-state index in [1.54, 1.807) is 6.07 Å². The Labute approximate surface area is 256 Å². The van der Waals surface area contributed by atoms with Gasteiger partial charge in [0.1, 0.15) is 11.4 Å². The second kappa shape index (κ2) is 12.1. The van der Waals surface area contributed by atoms with E-state index < -0.39 is 46.5 Å². The number of amides is 5. The van der Waals surface area contributed by atoms with Gasteiger partial charge in [0, 0.05) is 25.0 Å². The van der Waals surface area contributed by atoms with Crippen LogP contribution in [0.2, 0.25) is 0 Å². The van der Waals surface area contributed by atoms with Gasteiger partial charge in [-0.3, -0.25) is 19.8 Å². The number of nitrogens with one attached hydrogen (secondary N) is 3. The monoisotopic (exact) mass is 628 g/mol. The first-order valence-electron chi connectivity index (χ1n) is 14.6. The van der Waals surface area contributed by atoms with Crippen LogP contribution in [0.3, 0.4) is 0 Å². The largest absolute Gasteiger partial charge is 0.417 e. The quantitative estimate of drug-likeness (QED) is 0.313. The van der Waals surface area contributed by atoms with Gasteiger partial charge in [-0.1, -0.05) is 18.9 Å². The smallest absolute Gasteiger partial charge is 0.350 e. The van der Waals surface area contributed by atoms with Crippen LogP contribution in [0.4, 0.5) is 28.0 Å². The maximum absolute atomic E-state index is 14.7.